The fraction of sp³-hybridized carbons (Fsp3) is 0.133. The molecule has 0 fully saturated rings. The molecule has 3 aromatic heterocycles. The van der Waals surface area contributed by atoms with Crippen LogP contribution in [0.3, 0.4) is 0 Å². The van der Waals surface area contributed by atoms with E-state index in [9.17, 15) is 13.6 Å². The van der Waals surface area contributed by atoms with Crippen molar-refractivity contribution in [2.75, 3.05) is 0 Å². The van der Waals surface area contributed by atoms with E-state index in [0.29, 0.717) is 6.07 Å². The second-order valence-electron chi connectivity index (χ2n) is 4.80. The van der Waals surface area contributed by atoms with Gasteiger partial charge in [0.1, 0.15) is 11.5 Å². The summed E-state index contributed by atoms with van der Waals surface area (Å²) in [5.74, 6) is -2.53. The Labute approximate surface area is 124 Å². The summed E-state index contributed by atoms with van der Waals surface area (Å²) in [6.07, 6.45) is 4.26. The van der Waals surface area contributed by atoms with Crippen molar-refractivity contribution in [2.24, 2.45) is 0 Å². The molecule has 1 amide bonds. The zero-order valence-electron chi connectivity index (χ0n) is 11.7. The fourth-order valence-electron chi connectivity index (χ4n) is 2.17. The van der Waals surface area contributed by atoms with Crippen molar-refractivity contribution < 1.29 is 13.6 Å². The number of imidazole rings is 1. The SMILES string of the molecule is Cc1cccn2c(CNC(=O)c3ncc(F)cc3F)cnc12. The number of nitrogens with zero attached hydrogens (tertiary/aromatic N) is 3. The molecule has 5 nitrogen and oxygen atoms in total. The average molecular weight is 302 g/mol. The lowest BCUT2D eigenvalue weighted by atomic mass is 10.3. The number of carbonyl (C=O) groups is 1. The second-order valence-corrected chi connectivity index (χ2v) is 4.80. The number of amides is 1. The van der Waals surface area contributed by atoms with E-state index in [1.54, 1.807) is 6.20 Å². The van der Waals surface area contributed by atoms with Gasteiger partial charge >= 0.3 is 0 Å². The van der Waals surface area contributed by atoms with Crippen LogP contribution in [0.2, 0.25) is 0 Å². The third-order valence-electron chi connectivity index (χ3n) is 3.26. The molecule has 22 heavy (non-hydrogen) atoms. The number of carbonyl (C=O) groups excluding carboxylic acids is 1. The highest BCUT2D eigenvalue weighted by atomic mass is 19.1. The molecule has 0 bridgehead atoms. The van der Waals surface area contributed by atoms with E-state index in [0.717, 1.165) is 23.1 Å². The maximum absolute atomic E-state index is 13.5. The number of hydrogen-bond acceptors (Lipinski definition) is 3. The van der Waals surface area contributed by atoms with Gasteiger partial charge in [0, 0.05) is 12.3 Å². The number of halogens is 2. The normalized spacial score (nSPS) is 10.9. The first-order valence-electron chi connectivity index (χ1n) is 6.57. The van der Waals surface area contributed by atoms with Gasteiger partial charge in [0.05, 0.1) is 24.6 Å². The molecule has 0 atom stereocenters. The van der Waals surface area contributed by atoms with Gasteiger partial charge in [0.25, 0.3) is 5.91 Å². The summed E-state index contributed by atoms with van der Waals surface area (Å²) in [6, 6.07) is 4.43. The van der Waals surface area contributed by atoms with Gasteiger partial charge < -0.3 is 9.72 Å². The van der Waals surface area contributed by atoms with Crippen molar-refractivity contribution in [2.45, 2.75) is 13.5 Å². The molecule has 0 saturated heterocycles. The monoisotopic (exact) mass is 302 g/mol. The Morgan fingerprint density at radius 3 is 2.91 bits per heavy atom. The molecule has 0 aromatic carbocycles. The van der Waals surface area contributed by atoms with Gasteiger partial charge in [-0.15, -0.1) is 0 Å². The number of nitrogens with one attached hydrogen (secondary N) is 1. The molecule has 112 valence electrons. The van der Waals surface area contributed by atoms with E-state index in [1.807, 2.05) is 29.7 Å². The molecule has 0 saturated carbocycles. The van der Waals surface area contributed by atoms with Crippen LogP contribution < -0.4 is 5.32 Å². The van der Waals surface area contributed by atoms with Crippen molar-refractivity contribution in [3.63, 3.8) is 0 Å². The maximum atomic E-state index is 13.5. The van der Waals surface area contributed by atoms with Crippen molar-refractivity contribution >= 4 is 11.6 Å². The minimum absolute atomic E-state index is 0.155. The number of fused-ring (bicyclic) bond motifs is 1. The molecule has 0 radical (unpaired) electrons. The number of aromatic nitrogens is 3. The Bertz CT molecular complexity index is 860. The van der Waals surface area contributed by atoms with Crippen LogP contribution in [0.15, 0.2) is 36.8 Å². The molecule has 0 spiro atoms. The third-order valence-corrected chi connectivity index (χ3v) is 3.26. The van der Waals surface area contributed by atoms with Crippen LogP contribution in [0.4, 0.5) is 8.78 Å². The summed E-state index contributed by atoms with van der Waals surface area (Å²) < 4.78 is 28.1. The minimum atomic E-state index is -0.994. The zero-order valence-corrected chi connectivity index (χ0v) is 11.7. The molecule has 3 rings (SSSR count). The third kappa shape index (κ3) is 2.52. The quantitative estimate of drug-likeness (QED) is 0.807. The van der Waals surface area contributed by atoms with E-state index < -0.39 is 23.2 Å². The predicted molar refractivity (Wildman–Crippen MR) is 75.3 cm³/mol. The Morgan fingerprint density at radius 1 is 1.32 bits per heavy atom. The summed E-state index contributed by atoms with van der Waals surface area (Å²) in [6.45, 7) is 2.09. The Morgan fingerprint density at radius 2 is 2.14 bits per heavy atom. The van der Waals surface area contributed by atoms with Gasteiger partial charge in [-0.05, 0) is 18.6 Å². The van der Waals surface area contributed by atoms with E-state index >= 15 is 0 Å². The first-order valence-corrected chi connectivity index (χ1v) is 6.57. The topological polar surface area (TPSA) is 59.3 Å². The number of pyridine rings is 2. The summed E-state index contributed by atoms with van der Waals surface area (Å²) in [7, 11) is 0. The molecular formula is C15H12F2N4O. The van der Waals surface area contributed by atoms with E-state index in [2.05, 4.69) is 15.3 Å². The van der Waals surface area contributed by atoms with Crippen LogP contribution in [0.5, 0.6) is 0 Å². The minimum Gasteiger partial charge on any atom is -0.345 e. The summed E-state index contributed by atoms with van der Waals surface area (Å²) >= 11 is 0. The number of aryl methyl sites for hydroxylation is 1. The van der Waals surface area contributed by atoms with Gasteiger partial charge in [-0.1, -0.05) is 6.07 Å². The summed E-state index contributed by atoms with van der Waals surface area (Å²) in [5, 5.41) is 2.55. The average Bonchev–Trinajstić information content (AvgIpc) is 2.89. The van der Waals surface area contributed by atoms with Gasteiger partial charge in [-0.2, -0.15) is 0 Å². The van der Waals surface area contributed by atoms with Gasteiger partial charge in [0.15, 0.2) is 11.5 Å². The lowest BCUT2D eigenvalue weighted by molar-refractivity contribution is 0.0940. The van der Waals surface area contributed by atoms with Crippen molar-refractivity contribution in [3.05, 3.63) is 65.4 Å². The maximum Gasteiger partial charge on any atom is 0.273 e. The summed E-state index contributed by atoms with van der Waals surface area (Å²) in [4.78, 5) is 19.6. The van der Waals surface area contributed by atoms with Crippen molar-refractivity contribution in [3.8, 4) is 0 Å². The van der Waals surface area contributed by atoms with E-state index in [1.165, 1.54) is 0 Å². The highest BCUT2D eigenvalue weighted by Gasteiger charge is 2.15. The molecule has 3 heterocycles. The van der Waals surface area contributed by atoms with Crippen LogP contribution >= 0.6 is 0 Å². The first kappa shape index (κ1) is 14.1. The number of hydrogen-bond donors (Lipinski definition) is 1. The molecule has 7 heteroatoms. The van der Waals surface area contributed by atoms with E-state index in [-0.39, 0.29) is 6.54 Å². The second kappa shape index (κ2) is 5.51. The highest BCUT2D eigenvalue weighted by molar-refractivity contribution is 5.92. The predicted octanol–water partition coefficient (Wildman–Crippen LogP) is 2.25. The van der Waals surface area contributed by atoms with Gasteiger partial charge in [-0.3, -0.25) is 4.79 Å². The highest BCUT2D eigenvalue weighted by Crippen LogP contribution is 2.11. The molecule has 0 aliphatic carbocycles. The first-order chi connectivity index (χ1) is 10.6. The molecule has 0 aliphatic rings. The Hall–Kier alpha value is -2.83. The lowest BCUT2D eigenvalue weighted by Gasteiger charge is -2.06. The smallest absolute Gasteiger partial charge is 0.273 e. The molecule has 0 unspecified atom stereocenters. The molecule has 1 N–H and O–H groups in total. The molecule has 0 aliphatic heterocycles. The fourth-order valence-corrected chi connectivity index (χ4v) is 2.17. The molecule has 3 aromatic rings. The van der Waals surface area contributed by atoms with Gasteiger partial charge in [-0.25, -0.2) is 18.7 Å². The van der Waals surface area contributed by atoms with Crippen LogP contribution in [0.25, 0.3) is 5.65 Å². The van der Waals surface area contributed by atoms with Gasteiger partial charge in [0.2, 0.25) is 0 Å². The number of rotatable bonds is 3. The van der Waals surface area contributed by atoms with Crippen LogP contribution in [-0.4, -0.2) is 20.3 Å². The lowest BCUT2D eigenvalue weighted by Crippen LogP contribution is -2.25. The Kier molecular flexibility index (Phi) is 3.54. The van der Waals surface area contributed by atoms with Crippen LogP contribution in [0.1, 0.15) is 21.7 Å². The van der Waals surface area contributed by atoms with Crippen LogP contribution in [0, 0.1) is 18.6 Å². The largest absolute Gasteiger partial charge is 0.345 e. The Balaban J connectivity index is 1.79. The van der Waals surface area contributed by atoms with Crippen molar-refractivity contribution in [1.29, 1.82) is 0 Å². The van der Waals surface area contributed by atoms with Crippen molar-refractivity contribution in [1.82, 2.24) is 19.7 Å². The zero-order chi connectivity index (χ0) is 15.7. The summed E-state index contributed by atoms with van der Waals surface area (Å²) in [5.41, 5.74) is 2.10. The van der Waals surface area contributed by atoms with Crippen LogP contribution in [-0.2, 0) is 6.54 Å². The standard InChI is InChI=1S/C15H12F2N4O/c1-9-3-2-4-21-11(7-19-14(9)21)8-20-15(22)13-12(17)5-10(16)6-18-13/h2-7H,8H2,1H3,(H,20,22). The van der Waals surface area contributed by atoms with E-state index in [4.69, 9.17) is 0 Å². The molecular weight excluding hydrogens is 290 g/mol.